The maximum absolute atomic E-state index is 11.6. The molecule has 0 spiro atoms. The van der Waals surface area contributed by atoms with E-state index in [-0.39, 0.29) is 12.4 Å². The van der Waals surface area contributed by atoms with E-state index in [1.807, 2.05) is 0 Å². The number of esters is 1. The molecule has 0 radical (unpaired) electrons. The predicted octanol–water partition coefficient (Wildman–Crippen LogP) is 1.82. The number of Topliss-reactive ketones (excluding diaryl/α,β-unsaturated/α-hetero) is 1. The molecule has 0 bridgehead atoms. The Morgan fingerprint density at radius 2 is 2.29 bits per heavy atom. The lowest BCUT2D eigenvalue weighted by Gasteiger charge is -2.09. The first-order chi connectivity index (χ1) is 7.95. The maximum atomic E-state index is 11.6. The second kappa shape index (κ2) is 6.27. The molecular formula is C9H12N2O3S3. The average Bonchev–Trinajstić information content (AvgIpc) is 2.54. The van der Waals surface area contributed by atoms with Crippen LogP contribution < -0.4 is 0 Å². The van der Waals surface area contributed by atoms with Crippen molar-refractivity contribution in [2.24, 2.45) is 7.05 Å². The first-order valence-corrected chi connectivity index (χ1v) is 6.94. The molecule has 17 heavy (non-hydrogen) atoms. The number of aryl methyl sites for hydroxylation is 1. The fourth-order valence-corrected chi connectivity index (χ4v) is 3.33. The number of carbonyl (C=O) groups excluding carboxylic acids is 2. The second-order valence-corrected chi connectivity index (χ2v) is 6.09. The molecule has 0 aromatic carbocycles. The van der Waals surface area contributed by atoms with Gasteiger partial charge in [-0.2, -0.15) is 5.10 Å². The molecule has 1 rings (SSSR count). The molecule has 0 amide bonds. The van der Waals surface area contributed by atoms with Gasteiger partial charge in [-0.15, -0.1) is 0 Å². The van der Waals surface area contributed by atoms with Gasteiger partial charge in [0.15, 0.2) is 19.3 Å². The molecule has 8 heteroatoms. The Kier molecular flexibility index (Phi) is 5.29. The highest BCUT2D eigenvalue weighted by Crippen LogP contribution is 2.27. The van der Waals surface area contributed by atoms with E-state index in [4.69, 9.17) is 17.0 Å². The zero-order valence-corrected chi connectivity index (χ0v) is 12.1. The molecule has 94 valence electrons. The molecule has 0 saturated carbocycles. The zero-order valence-electron chi connectivity index (χ0n) is 9.63. The molecule has 5 nitrogen and oxygen atoms in total. The first kappa shape index (κ1) is 14.3. The lowest BCUT2D eigenvalue weighted by atomic mass is 10.3. The smallest absolute Gasteiger partial charge is 0.327 e. The second-order valence-electron chi connectivity index (χ2n) is 3.12. The number of hydrogen-bond donors (Lipinski definition) is 0. The number of ketones is 1. The van der Waals surface area contributed by atoms with Crippen LogP contribution in [0.3, 0.4) is 0 Å². The van der Waals surface area contributed by atoms with Crippen molar-refractivity contribution in [3.8, 4) is 0 Å². The minimum Gasteiger partial charge on any atom is -0.465 e. The summed E-state index contributed by atoms with van der Waals surface area (Å²) in [6, 6.07) is 0. The number of hydrogen-bond acceptors (Lipinski definition) is 7. The van der Waals surface area contributed by atoms with Crippen molar-refractivity contribution in [2.75, 3.05) is 6.61 Å². The average molecular weight is 292 g/mol. The van der Waals surface area contributed by atoms with E-state index in [9.17, 15) is 9.59 Å². The summed E-state index contributed by atoms with van der Waals surface area (Å²) in [7, 11) is 1.72. The number of thioether (sulfide) groups is 1. The number of nitrogens with zero attached hydrogens (tertiary/aromatic N) is 2. The van der Waals surface area contributed by atoms with Gasteiger partial charge in [0.1, 0.15) is 0 Å². The van der Waals surface area contributed by atoms with Crippen LogP contribution in [0, 0.1) is 3.95 Å². The number of carbonyl (C=O) groups is 2. The lowest BCUT2D eigenvalue weighted by molar-refractivity contribution is -0.144. The van der Waals surface area contributed by atoms with Gasteiger partial charge < -0.3 is 4.74 Å². The third-order valence-electron chi connectivity index (χ3n) is 1.76. The van der Waals surface area contributed by atoms with Crippen LogP contribution in [0.2, 0.25) is 0 Å². The maximum Gasteiger partial charge on any atom is 0.327 e. The predicted molar refractivity (Wildman–Crippen MR) is 68.9 cm³/mol. The molecule has 0 aliphatic rings. The van der Waals surface area contributed by atoms with Gasteiger partial charge in [-0.05, 0) is 26.1 Å². The Balaban J connectivity index is 2.83. The van der Waals surface area contributed by atoms with Gasteiger partial charge in [-0.25, -0.2) is 4.68 Å². The van der Waals surface area contributed by atoms with Gasteiger partial charge in [0.2, 0.25) is 0 Å². The van der Waals surface area contributed by atoms with Crippen molar-refractivity contribution < 1.29 is 14.3 Å². The van der Waals surface area contributed by atoms with Crippen molar-refractivity contribution in [1.29, 1.82) is 0 Å². The summed E-state index contributed by atoms with van der Waals surface area (Å²) in [5.41, 5.74) is 0. The molecule has 1 aromatic rings. The van der Waals surface area contributed by atoms with E-state index in [0.717, 1.165) is 11.8 Å². The highest BCUT2D eigenvalue weighted by Gasteiger charge is 2.27. The third-order valence-corrected chi connectivity index (χ3v) is 4.55. The molecule has 0 fully saturated rings. The first-order valence-electron chi connectivity index (χ1n) is 4.83. The van der Waals surface area contributed by atoms with Crippen molar-refractivity contribution >= 4 is 47.1 Å². The topological polar surface area (TPSA) is 61.2 Å². The van der Waals surface area contributed by atoms with Crippen molar-refractivity contribution in [1.82, 2.24) is 9.78 Å². The summed E-state index contributed by atoms with van der Waals surface area (Å²) < 4.78 is 7.56. The van der Waals surface area contributed by atoms with Crippen molar-refractivity contribution in [2.45, 2.75) is 23.4 Å². The largest absolute Gasteiger partial charge is 0.465 e. The van der Waals surface area contributed by atoms with Crippen LogP contribution in [-0.2, 0) is 21.4 Å². The van der Waals surface area contributed by atoms with Crippen molar-refractivity contribution in [3.05, 3.63) is 3.95 Å². The van der Waals surface area contributed by atoms with Crippen LogP contribution in [0.1, 0.15) is 13.8 Å². The minimum absolute atomic E-state index is 0.251. The summed E-state index contributed by atoms with van der Waals surface area (Å²) >= 11 is 7.35. The molecule has 0 aliphatic carbocycles. The van der Waals surface area contributed by atoms with E-state index in [2.05, 4.69) is 5.10 Å². The molecule has 1 aromatic heterocycles. The fraction of sp³-hybridized carbons (Fsp3) is 0.556. The van der Waals surface area contributed by atoms with Gasteiger partial charge in [0.05, 0.1) is 6.61 Å². The van der Waals surface area contributed by atoms with E-state index in [1.54, 1.807) is 14.0 Å². The normalized spacial score (nSPS) is 12.2. The molecule has 0 aliphatic heterocycles. The van der Waals surface area contributed by atoms with Crippen LogP contribution >= 0.6 is 35.3 Å². The van der Waals surface area contributed by atoms with E-state index < -0.39 is 11.2 Å². The molecular weight excluding hydrogens is 280 g/mol. The summed E-state index contributed by atoms with van der Waals surface area (Å²) in [6.07, 6.45) is 0. The summed E-state index contributed by atoms with van der Waals surface area (Å²) in [6.45, 7) is 3.31. The van der Waals surface area contributed by atoms with Gasteiger partial charge in [0.25, 0.3) is 0 Å². The monoisotopic (exact) mass is 292 g/mol. The fourth-order valence-electron chi connectivity index (χ4n) is 0.988. The van der Waals surface area contributed by atoms with Gasteiger partial charge in [0, 0.05) is 7.05 Å². The number of ether oxygens (including phenoxy) is 1. The Bertz CT molecular complexity index is 480. The number of aromatic nitrogens is 2. The Morgan fingerprint density at radius 3 is 2.71 bits per heavy atom. The molecule has 0 N–H and O–H groups in total. The summed E-state index contributed by atoms with van der Waals surface area (Å²) in [5.74, 6) is -0.786. The third kappa shape index (κ3) is 3.90. The van der Waals surface area contributed by atoms with E-state index in [0.29, 0.717) is 8.29 Å². The highest BCUT2D eigenvalue weighted by atomic mass is 32.2. The SMILES string of the molecule is CCOC(=O)[C@H](Sc1nn(C)c(=S)s1)C(C)=O. The quantitative estimate of drug-likeness (QED) is 0.357. The Morgan fingerprint density at radius 1 is 1.65 bits per heavy atom. The van der Waals surface area contributed by atoms with E-state index >= 15 is 0 Å². The lowest BCUT2D eigenvalue weighted by Crippen LogP contribution is -2.27. The molecule has 1 heterocycles. The Labute approximate surface area is 112 Å². The van der Waals surface area contributed by atoms with Crippen LogP contribution in [-0.4, -0.2) is 33.4 Å². The standard InChI is InChI=1S/C9H12N2O3S3/c1-4-14-7(13)6(5(2)12)16-8-10-11(3)9(15)17-8/h6H,4H2,1-3H3/t6-/m1/s1. The summed E-state index contributed by atoms with van der Waals surface area (Å²) in [4.78, 5) is 22.9. The number of rotatable bonds is 5. The van der Waals surface area contributed by atoms with Crippen LogP contribution in [0.15, 0.2) is 4.34 Å². The van der Waals surface area contributed by atoms with Crippen LogP contribution in [0.25, 0.3) is 0 Å². The van der Waals surface area contributed by atoms with Crippen LogP contribution in [0.5, 0.6) is 0 Å². The zero-order chi connectivity index (χ0) is 13.0. The van der Waals surface area contributed by atoms with Crippen molar-refractivity contribution in [3.63, 3.8) is 0 Å². The highest BCUT2D eigenvalue weighted by molar-refractivity contribution is 8.03. The molecule has 0 saturated heterocycles. The minimum atomic E-state index is -0.865. The summed E-state index contributed by atoms with van der Waals surface area (Å²) in [5, 5.41) is 3.24. The van der Waals surface area contributed by atoms with Crippen LogP contribution in [0.4, 0.5) is 0 Å². The van der Waals surface area contributed by atoms with Gasteiger partial charge >= 0.3 is 5.97 Å². The molecule has 1 atom stereocenters. The Hall–Kier alpha value is -0.730. The van der Waals surface area contributed by atoms with E-state index in [1.165, 1.54) is 22.9 Å². The van der Waals surface area contributed by atoms with Gasteiger partial charge in [-0.1, -0.05) is 23.1 Å². The molecule has 0 unspecified atom stereocenters. The van der Waals surface area contributed by atoms with Gasteiger partial charge in [-0.3, -0.25) is 9.59 Å².